The van der Waals surface area contributed by atoms with Crippen LogP contribution in [0.5, 0.6) is 0 Å². The summed E-state index contributed by atoms with van der Waals surface area (Å²) in [5.74, 6) is -0.277. The smallest absolute Gasteiger partial charge is 0.407 e. The molecule has 3 aliphatic rings. The van der Waals surface area contributed by atoms with E-state index in [0.29, 0.717) is 19.6 Å². The van der Waals surface area contributed by atoms with E-state index in [9.17, 15) is 13.6 Å². The third-order valence-corrected chi connectivity index (χ3v) is 10.7. The van der Waals surface area contributed by atoms with E-state index in [1.165, 1.54) is 6.07 Å². The Hall–Kier alpha value is -4.04. The summed E-state index contributed by atoms with van der Waals surface area (Å²) in [4.78, 5) is 21.3. The number of nitrogens with zero attached hydrogens (tertiary/aromatic N) is 5. The van der Waals surface area contributed by atoms with Gasteiger partial charge in [0.1, 0.15) is 23.4 Å². The van der Waals surface area contributed by atoms with E-state index in [-0.39, 0.29) is 40.9 Å². The van der Waals surface area contributed by atoms with Crippen molar-refractivity contribution in [1.29, 1.82) is 5.26 Å². The van der Waals surface area contributed by atoms with Gasteiger partial charge in [0, 0.05) is 69.3 Å². The third kappa shape index (κ3) is 6.57. The lowest BCUT2D eigenvalue weighted by atomic mass is 9.58. The standard InChI is InChI=1S/C36H43F3N6O2/c1-3-33-42-12-15-44(33)23-36(27-6-4-7-28(37)18-27,29-8-5-9-32(29)47-35(46)41-2)26-10-13-43(14-11-26)20-25-21-45(22-25)34-30(38)16-24(19-40)17-31(34)39/h4,6-7,12,15-18,25-26,29,32H,3,5,8-11,13-14,20-23H2,1-2H3,(H,41,46)/t29-,32-,36?/m0/s1. The van der Waals surface area contributed by atoms with Crippen LogP contribution in [0.4, 0.5) is 23.7 Å². The van der Waals surface area contributed by atoms with Crippen molar-refractivity contribution in [3.05, 3.63) is 83.2 Å². The van der Waals surface area contributed by atoms with Crippen LogP contribution in [-0.2, 0) is 23.1 Å². The maximum Gasteiger partial charge on any atom is 0.407 e. The fourth-order valence-corrected chi connectivity index (χ4v) is 8.60. The Morgan fingerprint density at radius 2 is 1.85 bits per heavy atom. The SMILES string of the molecule is CCc1nccn1CC(c1cccc(F)c1)(C1CCN(CC2CN(c3c(F)cc(C#N)cc3F)C2)CC1)[C@H]1CCC[C@@H]1OC(=O)NC. The molecular weight excluding hydrogens is 605 g/mol. The molecule has 250 valence electrons. The molecule has 2 saturated heterocycles. The molecule has 8 nitrogen and oxygen atoms in total. The Morgan fingerprint density at radius 3 is 2.51 bits per heavy atom. The lowest BCUT2D eigenvalue weighted by molar-refractivity contribution is 0.00160. The Kier molecular flexibility index (Phi) is 9.78. The van der Waals surface area contributed by atoms with Crippen molar-refractivity contribution < 1.29 is 22.7 Å². The molecule has 0 bridgehead atoms. The van der Waals surface area contributed by atoms with E-state index in [4.69, 9.17) is 10.00 Å². The van der Waals surface area contributed by atoms with Gasteiger partial charge in [-0.25, -0.2) is 22.9 Å². The second-order valence-electron chi connectivity index (χ2n) is 13.4. The van der Waals surface area contributed by atoms with E-state index < -0.39 is 23.1 Å². The summed E-state index contributed by atoms with van der Waals surface area (Å²) in [5.41, 5.74) is 0.340. The first-order chi connectivity index (χ1) is 22.7. The molecular formula is C36H43F3N6O2. The molecule has 47 heavy (non-hydrogen) atoms. The van der Waals surface area contributed by atoms with Gasteiger partial charge in [-0.3, -0.25) is 0 Å². The molecule has 3 fully saturated rings. The normalized spacial score (nSPS) is 22.0. The molecule has 1 unspecified atom stereocenters. The second-order valence-corrected chi connectivity index (χ2v) is 13.4. The number of benzene rings is 2. The van der Waals surface area contributed by atoms with Crippen LogP contribution >= 0.6 is 0 Å². The van der Waals surface area contributed by atoms with Gasteiger partial charge in [-0.1, -0.05) is 19.1 Å². The average Bonchev–Trinajstić information content (AvgIpc) is 3.71. The topological polar surface area (TPSA) is 86.4 Å². The van der Waals surface area contributed by atoms with Gasteiger partial charge in [-0.05, 0) is 80.9 Å². The van der Waals surface area contributed by atoms with Gasteiger partial charge in [0.2, 0.25) is 0 Å². The number of nitrogens with one attached hydrogen (secondary N) is 1. The molecule has 3 atom stereocenters. The van der Waals surface area contributed by atoms with Gasteiger partial charge >= 0.3 is 6.09 Å². The minimum absolute atomic E-state index is 0.0114. The predicted molar refractivity (Wildman–Crippen MR) is 172 cm³/mol. The van der Waals surface area contributed by atoms with Gasteiger partial charge in [-0.15, -0.1) is 0 Å². The summed E-state index contributed by atoms with van der Waals surface area (Å²) in [6.45, 7) is 6.30. The molecule has 1 saturated carbocycles. The lowest BCUT2D eigenvalue weighted by Gasteiger charge is -2.51. The number of hydrogen-bond acceptors (Lipinski definition) is 6. The number of amides is 1. The van der Waals surface area contributed by atoms with Crippen molar-refractivity contribution in [2.24, 2.45) is 17.8 Å². The van der Waals surface area contributed by atoms with Crippen LogP contribution in [0.3, 0.4) is 0 Å². The van der Waals surface area contributed by atoms with Gasteiger partial charge in [0.25, 0.3) is 0 Å². The monoisotopic (exact) mass is 648 g/mol. The summed E-state index contributed by atoms with van der Waals surface area (Å²) in [7, 11) is 1.57. The van der Waals surface area contributed by atoms with Crippen molar-refractivity contribution in [3.8, 4) is 6.07 Å². The number of imidazole rings is 1. The molecule has 1 N–H and O–H groups in total. The molecule has 0 radical (unpaired) electrons. The zero-order valence-electron chi connectivity index (χ0n) is 27.1. The summed E-state index contributed by atoms with van der Waals surface area (Å²) in [6, 6.07) is 11.0. The molecule has 1 amide bonds. The number of piperidine rings is 1. The third-order valence-electron chi connectivity index (χ3n) is 10.7. The first-order valence-corrected chi connectivity index (χ1v) is 16.8. The number of halogens is 3. The van der Waals surface area contributed by atoms with Crippen molar-refractivity contribution >= 4 is 11.8 Å². The highest BCUT2D eigenvalue weighted by molar-refractivity contribution is 5.67. The largest absolute Gasteiger partial charge is 0.446 e. The fraction of sp³-hybridized carbons (Fsp3) is 0.528. The van der Waals surface area contributed by atoms with Gasteiger partial charge < -0.3 is 24.4 Å². The average molecular weight is 649 g/mol. The van der Waals surface area contributed by atoms with Crippen molar-refractivity contribution in [2.45, 2.75) is 63.5 Å². The number of carbonyl (C=O) groups is 1. The maximum absolute atomic E-state index is 15.0. The molecule has 6 rings (SSSR count). The highest BCUT2D eigenvalue weighted by Crippen LogP contribution is 2.52. The fourth-order valence-electron chi connectivity index (χ4n) is 8.60. The summed E-state index contributed by atoms with van der Waals surface area (Å²) in [6.07, 6.45) is 8.16. The van der Waals surface area contributed by atoms with Crippen LogP contribution < -0.4 is 10.2 Å². The second kappa shape index (κ2) is 14.0. The number of likely N-dealkylation sites (tertiary alicyclic amines) is 1. The number of anilines is 1. The number of alkyl carbamates (subject to hydrolysis) is 1. The van der Waals surface area contributed by atoms with Crippen LogP contribution in [0, 0.1) is 46.5 Å². The zero-order chi connectivity index (χ0) is 33.1. The molecule has 3 aromatic rings. The summed E-state index contributed by atoms with van der Waals surface area (Å²) >= 11 is 0. The van der Waals surface area contributed by atoms with Crippen molar-refractivity contribution in [3.63, 3.8) is 0 Å². The number of rotatable bonds is 10. The highest BCUT2D eigenvalue weighted by Gasteiger charge is 2.53. The molecule has 1 aliphatic carbocycles. The Bertz CT molecular complexity index is 1590. The number of ether oxygens (including phenoxy) is 1. The zero-order valence-corrected chi connectivity index (χ0v) is 27.1. The van der Waals surface area contributed by atoms with Crippen LogP contribution in [-0.4, -0.2) is 66.4 Å². The maximum atomic E-state index is 15.0. The van der Waals surface area contributed by atoms with E-state index in [2.05, 4.69) is 26.7 Å². The van der Waals surface area contributed by atoms with Crippen LogP contribution in [0.1, 0.15) is 56.0 Å². The number of hydrogen-bond donors (Lipinski definition) is 1. The molecule has 0 spiro atoms. The Balaban J connectivity index is 1.23. The quantitative estimate of drug-likeness (QED) is 0.288. The van der Waals surface area contributed by atoms with Crippen LogP contribution in [0.25, 0.3) is 0 Å². The van der Waals surface area contributed by atoms with E-state index >= 15 is 4.39 Å². The van der Waals surface area contributed by atoms with E-state index in [1.807, 2.05) is 18.5 Å². The number of nitriles is 1. The highest BCUT2D eigenvalue weighted by atomic mass is 19.1. The summed E-state index contributed by atoms with van der Waals surface area (Å²) < 4.78 is 52.5. The number of carbonyl (C=O) groups excluding carboxylic acids is 1. The summed E-state index contributed by atoms with van der Waals surface area (Å²) in [5, 5.41) is 11.6. The van der Waals surface area contributed by atoms with Crippen LogP contribution in [0.15, 0.2) is 48.8 Å². The predicted octanol–water partition coefficient (Wildman–Crippen LogP) is 6.05. The minimum Gasteiger partial charge on any atom is -0.446 e. The molecule has 11 heteroatoms. The van der Waals surface area contributed by atoms with Crippen molar-refractivity contribution in [1.82, 2.24) is 19.8 Å². The van der Waals surface area contributed by atoms with Gasteiger partial charge in [0.05, 0.1) is 11.6 Å². The first-order valence-electron chi connectivity index (χ1n) is 16.8. The number of aryl methyl sites for hydroxylation is 1. The molecule has 1 aromatic heterocycles. The van der Waals surface area contributed by atoms with Gasteiger partial charge in [0.15, 0.2) is 11.6 Å². The minimum atomic E-state index is -0.704. The van der Waals surface area contributed by atoms with E-state index in [1.54, 1.807) is 30.1 Å². The lowest BCUT2D eigenvalue weighted by Crippen LogP contribution is -2.55. The number of aromatic nitrogens is 2. The Morgan fingerprint density at radius 1 is 1.11 bits per heavy atom. The van der Waals surface area contributed by atoms with Crippen LogP contribution in [0.2, 0.25) is 0 Å². The molecule has 3 heterocycles. The molecule has 2 aliphatic heterocycles. The van der Waals surface area contributed by atoms with Gasteiger partial charge in [-0.2, -0.15) is 5.26 Å². The van der Waals surface area contributed by atoms with E-state index in [0.717, 1.165) is 81.7 Å². The molecule has 2 aromatic carbocycles. The Labute approximate surface area is 274 Å². The first kappa shape index (κ1) is 32.9. The van der Waals surface area contributed by atoms with Crippen molar-refractivity contribution in [2.75, 3.05) is 44.7 Å².